The van der Waals surface area contributed by atoms with Gasteiger partial charge in [0.15, 0.2) is 0 Å². The lowest BCUT2D eigenvalue weighted by molar-refractivity contribution is 1.17. The van der Waals surface area contributed by atoms with Crippen molar-refractivity contribution in [2.24, 2.45) is 0 Å². The summed E-state index contributed by atoms with van der Waals surface area (Å²) in [5.41, 5.74) is 6.35. The quantitative estimate of drug-likeness (QED) is 0.304. The molecule has 0 fully saturated rings. The molecule has 4 aromatic carbocycles. The molecule has 0 aliphatic rings. The molecule has 1 nitrogen and oxygen atoms in total. The van der Waals surface area contributed by atoms with E-state index >= 15 is 0 Å². The Balaban J connectivity index is 0.000000218. The third-order valence-electron chi connectivity index (χ3n) is 4.81. The third kappa shape index (κ3) is 3.50. The van der Waals surface area contributed by atoms with Gasteiger partial charge in [-0.3, -0.25) is 0 Å². The molecule has 0 N–H and O–H groups in total. The molecule has 0 atom stereocenters. The van der Waals surface area contributed by atoms with Gasteiger partial charge in [-0.25, -0.2) is 0 Å². The number of hydrogen-bond acceptors (Lipinski definition) is 0. The number of para-hydroxylation sites is 2. The predicted molar refractivity (Wildman–Crippen MR) is 117 cm³/mol. The van der Waals surface area contributed by atoms with E-state index in [0.717, 1.165) is 0 Å². The van der Waals surface area contributed by atoms with Gasteiger partial charge in [-0.15, -0.1) is 0 Å². The van der Waals surface area contributed by atoms with Crippen molar-refractivity contribution in [1.29, 1.82) is 0 Å². The van der Waals surface area contributed by atoms with Gasteiger partial charge in [0, 0.05) is 16.5 Å². The lowest BCUT2D eigenvalue weighted by Gasteiger charge is -2.07. The summed E-state index contributed by atoms with van der Waals surface area (Å²) in [6.07, 6.45) is 0. The van der Waals surface area contributed by atoms with Crippen molar-refractivity contribution in [1.82, 2.24) is 4.57 Å². The van der Waals surface area contributed by atoms with Crippen LogP contribution in [0, 0.1) is 13.8 Å². The van der Waals surface area contributed by atoms with E-state index in [0.29, 0.717) is 0 Å². The molecule has 1 heteroatoms. The number of aryl methyl sites for hydroxylation is 2. The molecule has 1 heterocycles. The van der Waals surface area contributed by atoms with E-state index in [9.17, 15) is 0 Å². The van der Waals surface area contributed by atoms with E-state index in [2.05, 4.69) is 103 Å². The van der Waals surface area contributed by atoms with Crippen molar-refractivity contribution in [3.05, 3.63) is 114 Å². The molecule has 0 aliphatic heterocycles. The first-order valence-electron chi connectivity index (χ1n) is 9.31. The van der Waals surface area contributed by atoms with Gasteiger partial charge in [-0.2, -0.15) is 0 Å². The number of nitrogens with zero attached hydrogens (tertiary/aromatic N) is 1. The average Bonchev–Trinajstić information content (AvgIpc) is 3.04. The number of aromatic nitrogens is 1. The molecule has 0 amide bonds. The topological polar surface area (TPSA) is 4.93 Å². The van der Waals surface area contributed by atoms with E-state index in [1.54, 1.807) is 0 Å². The number of hydrogen-bond donors (Lipinski definition) is 0. The van der Waals surface area contributed by atoms with E-state index < -0.39 is 0 Å². The van der Waals surface area contributed by atoms with Crippen molar-refractivity contribution in [2.75, 3.05) is 0 Å². The molecule has 27 heavy (non-hydrogen) atoms. The maximum atomic E-state index is 2.34. The Morgan fingerprint density at radius 2 is 0.889 bits per heavy atom. The minimum absolute atomic E-state index is 1.22. The van der Waals surface area contributed by atoms with Crippen LogP contribution in [0.1, 0.15) is 11.1 Å². The second-order valence-corrected chi connectivity index (χ2v) is 6.86. The zero-order valence-corrected chi connectivity index (χ0v) is 15.8. The van der Waals surface area contributed by atoms with Crippen molar-refractivity contribution in [2.45, 2.75) is 13.8 Å². The van der Waals surface area contributed by atoms with Gasteiger partial charge < -0.3 is 4.57 Å². The standard InChI is InChI=1S/C19H15N.C7H8/c1-14-10-12-15(13-11-14)20-18-8-4-2-6-16(18)17-7-3-5-9-19(17)20;1-7-5-3-2-4-6-7/h2-13H,1H3;2-6H,1H3. The second kappa shape index (κ2) is 7.51. The molecule has 0 bridgehead atoms. The van der Waals surface area contributed by atoms with Gasteiger partial charge in [0.25, 0.3) is 0 Å². The summed E-state index contributed by atoms with van der Waals surface area (Å²) >= 11 is 0. The molecule has 132 valence electrons. The predicted octanol–water partition coefficient (Wildman–Crippen LogP) is 7.09. The Bertz CT molecular complexity index is 1110. The zero-order chi connectivity index (χ0) is 18.6. The molecule has 0 spiro atoms. The highest BCUT2D eigenvalue weighted by atomic mass is 15.0. The summed E-state index contributed by atoms with van der Waals surface area (Å²) in [7, 11) is 0. The molecular formula is C26H23N. The molecule has 0 unspecified atom stereocenters. The Labute approximate surface area is 160 Å². The van der Waals surface area contributed by atoms with Gasteiger partial charge >= 0.3 is 0 Å². The van der Waals surface area contributed by atoms with Crippen LogP contribution in [0.3, 0.4) is 0 Å². The first-order chi connectivity index (χ1) is 13.2. The molecule has 0 radical (unpaired) electrons. The molecular weight excluding hydrogens is 326 g/mol. The molecule has 0 aliphatic carbocycles. The van der Waals surface area contributed by atoms with Crippen LogP contribution in [0.25, 0.3) is 27.5 Å². The normalized spacial score (nSPS) is 10.6. The fraction of sp³-hybridized carbons (Fsp3) is 0.0769. The van der Waals surface area contributed by atoms with Gasteiger partial charge in [-0.1, -0.05) is 90.0 Å². The summed E-state index contributed by atoms with van der Waals surface area (Å²) in [6, 6.07) is 36.2. The highest BCUT2D eigenvalue weighted by Crippen LogP contribution is 2.31. The monoisotopic (exact) mass is 349 g/mol. The summed E-state index contributed by atoms with van der Waals surface area (Å²) in [5.74, 6) is 0. The summed E-state index contributed by atoms with van der Waals surface area (Å²) in [4.78, 5) is 0. The Hall–Kier alpha value is -3.32. The summed E-state index contributed by atoms with van der Waals surface area (Å²) in [5, 5.41) is 2.62. The van der Waals surface area contributed by atoms with E-state index in [-0.39, 0.29) is 0 Å². The van der Waals surface area contributed by atoms with Crippen LogP contribution in [-0.2, 0) is 0 Å². The fourth-order valence-corrected chi connectivity index (χ4v) is 3.43. The number of benzene rings is 4. The molecule has 0 saturated carbocycles. The minimum atomic E-state index is 1.22. The van der Waals surface area contributed by atoms with Crippen LogP contribution >= 0.6 is 0 Å². The van der Waals surface area contributed by atoms with Gasteiger partial charge in [0.1, 0.15) is 0 Å². The molecule has 1 aromatic heterocycles. The van der Waals surface area contributed by atoms with Gasteiger partial charge in [0.2, 0.25) is 0 Å². The second-order valence-electron chi connectivity index (χ2n) is 6.86. The lowest BCUT2D eigenvalue weighted by atomic mass is 10.2. The van der Waals surface area contributed by atoms with Gasteiger partial charge in [0.05, 0.1) is 11.0 Å². The van der Waals surface area contributed by atoms with Crippen LogP contribution in [0.2, 0.25) is 0 Å². The SMILES string of the molecule is Cc1ccc(-n2c3ccccc3c3ccccc32)cc1.Cc1ccccc1. The maximum absolute atomic E-state index is 2.34. The Kier molecular flexibility index (Phi) is 4.76. The van der Waals surface area contributed by atoms with Crippen molar-refractivity contribution in [3.63, 3.8) is 0 Å². The summed E-state index contributed by atoms with van der Waals surface area (Å²) in [6.45, 7) is 4.20. The van der Waals surface area contributed by atoms with Crippen molar-refractivity contribution < 1.29 is 0 Å². The smallest absolute Gasteiger partial charge is 0.0541 e. The summed E-state index contributed by atoms with van der Waals surface area (Å²) < 4.78 is 2.34. The van der Waals surface area contributed by atoms with Crippen LogP contribution in [0.4, 0.5) is 0 Å². The number of rotatable bonds is 1. The molecule has 0 saturated heterocycles. The van der Waals surface area contributed by atoms with E-state index in [4.69, 9.17) is 0 Å². The molecule has 5 aromatic rings. The Morgan fingerprint density at radius 1 is 0.444 bits per heavy atom. The van der Waals surface area contributed by atoms with E-state index in [1.807, 2.05) is 18.2 Å². The van der Waals surface area contributed by atoms with Crippen molar-refractivity contribution in [3.8, 4) is 5.69 Å². The fourth-order valence-electron chi connectivity index (χ4n) is 3.43. The lowest BCUT2D eigenvalue weighted by Crippen LogP contribution is -1.93. The number of fused-ring (bicyclic) bond motifs is 3. The minimum Gasteiger partial charge on any atom is -0.309 e. The largest absolute Gasteiger partial charge is 0.309 e. The van der Waals surface area contributed by atoms with E-state index in [1.165, 1.54) is 38.6 Å². The molecule has 5 rings (SSSR count). The first kappa shape index (κ1) is 17.1. The average molecular weight is 349 g/mol. The van der Waals surface area contributed by atoms with Crippen LogP contribution < -0.4 is 0 Å². The van der Waals surface area contributed by atoms with Crippen LogP contribution in [0.15, 0.2) is 103 Å². The maximum Gasteiger partial charge on any atom is 0.0541 e. The highest BCUT2D eigenvalue weighted by Gasteiger charge is 2.10. The van der Waals surface area contributed by atoms with Gasteiger partial charge in [-0.05, 0) is 38.1 Å². The zero-order valence-electron chi connectivity index (χ0n) is 15.8. The van der Waals surface area contributed by atoms with Crippen LogP contribution in [0.5, 0.6) is 0 Å². The highest BCUT2D eigenvalue weighted by molar-refractivity contribution is 6.09. The van der Waals surface area contributed by atoms with Crippen molar-refractivity contribution >= 4 is 21.8 Å². The Morgan fingerprint density at radius 3 is 1.37 bits per heavy atom. The first-order valence-corrected chi connectivity index (χ1v) is 9.31. The third-order valence-corrected chi connectivity index (χ3v) is 4.81. The van der Waals surface area contributed by atoms with Crippen LogP contribution in [-0.4, -0.2) is 4.57 Å².